The molecule has 0 amide bonds. The van der Waals surface area contributed by atoms with E-state index in [4.69, 9.17) is 11.2 Å². The molecule has 2 atom stereocenters. The molecule has 2 rings (SSSR count). The van der Waals surface area contributed by atoms with Crippen molar-refractivity contribution in [2.45, 2.75) is 25.4 Å². The number of nitrogens with zero attached hydrogens (tertiary/aromatic N) is 2. The fraction of sp³-hybridized carbons (Fsp3) is 0.615. The molecule has 0 aromatic heterocycles. The summed E-state index contributed by atoms with van der Waals surface area (Å²) < 4.78 is 5.15. The second kappa shape index (κ2) is 5.17. The zero-order valence-electron chi connectivity index (χ0n) is 11.3. The Morgan fingerprint density at radius 1 is 1.61 bits per heavy atom. The molecule has 1 saturated heterocycles. The van der Waals surface area contributed by atoms with E-state index in [2.05, 4.69) is 30.7 Å². The van der Waals surface area contributed by atoms with Gasteiger partial charge in [-0.1, -0.05) is 5.92 Å². The maximum absolute atomic E-state index is 12.1. The van der Waals surface area contributed by atoms with Gasteiger partial charge in [-0.3, -0.25) is 4.90 Å². The van der Waals surface area contributed by atoms with Crippen LogP contribution in [0.1, 0.15) is 13.3 Å². The van der Waals surface area contributed by atoms with Gasteiger partial charge in [-0.2, -0.15) is 0 Å². The lowest BCUT2D eigenvalue weighted by molar-refractivity contribution is -0.140. The van der Waals surface area contributed by atoms with Gasteiger partial charge in [0.15, 0.2) is 7.98 Å². The van der Waals surface area contributed by atoms with E-state index in [0.717, 1.165) is 25.1 Å². The molecule has 2 unspecified atom stereocenters. The Morgan fingerprint density at radius 2 is 2.33 bits per heavy atom. The van der Waals surface area contributed by atoms with E-state index in [0.29, 0.717) is 18.2 Å². The van der Waals surface area contributed by atoms with Crippen molar-refractivity contribution in [3.8, 4) is 12.3 Å². The number of hydrogen-bond donors (Lipinski definition) is 0. The van der Waals surface area contributed by atoms with E-state index in [1.54, 1.807) is 0 Å². The van der Waals surface area contributed by atoms with Crippen LogP contribution < -0.4 is 0 Å². The number of carbonyl (C=O) groups excluding carboxylic acids is 1. The largest absolute Gasteiger partial charge is 0.463 e. The van der Waals surface area contributed by atoms with Gasteiger partial charge < -0.3 is 9.55 Å². The third-order valence-corrected chi connectivity index (χ3v) is 3.84. The van der Waals surface area contributed by atoms with Crippen LogP contribution in [0.25, 0.3) is 0 Å². The van der Waals surface area contributed by atoms with Gasteiger partial charge >= 0.3 is 5.97 Å². The average molecular weight is 246 g/mol. The van der Waals surface area contributed by atoms with E-state index in [-0.39, 0.29) is 12.0 Å². The van der Waals surface area contributed by atoms with E-state index in [1.807, 2.05) is 6.92 Å². The molecule has 18 heavy (non-hydrogen) atoms. The summed E-state index contributed by atoms with van der Waals surface area (Å²) in [6, 6.07) is 0.463. The van der Waals surface area contributed by atoms with Crippen LogP contribution in [0.2, 0.25) is 0 Å². The maximum Gasteiger partial charge on any atom is 0.336 e. The summed E-state index contributed by atoms with van der Waals surface area (Å²) in [4.78, 5) is 16.6. The molecular formula is C13H19BN2O2. The molecule has 0 aliphatic carbocycles. The van der Waals surface area contributed by atoms with Gasteiger partial charge in [-0.15, -0.1) is 6.42 Å². The number of piperazine rings is 1. The number of hydrogen-bond acceptors (Lipinski definition) is 4. The first-order valence-electron chi connectivity index (χ1n) is 6.35. The molecule has 0 spiro atoms. The van der Waals surface area contributed by atoms with Gasteiger partial charge in [0, 0.05) is 24.7 Å². The number of likely N-dealkylation sites (N-methyl/N-ethyl adjacent to an activating group) is 1. The van der Waals surface area contributed by atoms with Gasteiger partial charge in [0.25, 0.3) is 0 Å². The molecule has 1 fully saturated rings. The molecular weight excluding hydrogens is 227 g/mol. The predicted molar refractivity (Wildman–Crippen MR) is 72.6 cm³/mol. The fourth-order valence-electron chi connectivity index (χ4n) is 2.90. The van der Waals surface area contributed by atoms with Gasteiger partial charge in [0.05, 0.1) is 18.2 Å². The minimum atomic E-state index is -0.254. The quantitative estimate of drug-likeness (QED) is 0.370. The van der Waals surface area contributed by atoms with Crippen LogP contribution >= 0.6 is 0 Å². The molecule has 0 saturated carbocycles. The lowest BCUT2D eigenvalue weighted by Crippen LogP contribution is -2.60. The fourth-order valence-corrected chi connectivity index (χ4v) is 2.90. The molecule has 96 valence electrons. The summed E-state index contributed by atoms with van der Waals surface area (Å²) >= 11 is 0. The minimum Gasteiger partial charge on any atom is -0.463 e. The Hall–Kier alpha value is -1.25. The highest BCUT2D eigenvalue weighted by molar-refractivity contribution is 6.04. The number of fused-ring (bicyclic) bond motifs is 2. The highest BCUT2D eigenvalue weighted by atomic mass is 16.5. The smallest absolute Gasteiger partial charge is 0.336 e. The molecule has 0 aromatic carbocycles. The summed E-state index contributed by atoms with van der Waals surface area (Å²) in [5.74, 6) is 2.44. The normalized spacial score (nSPS) is 28.9. The zero-order chi connectivity index (χ0) is 13.3. The topological polar surface area (TPSA) is 32.8 Å². The van der Waals surface area contributed by atoms with Crippen molar-refractivity contribution in [1.82, 2.24) is 9.71 Å². The first kappa shape index (κ1) is 13.2. The average Bonchev–Trinajstić information content (AvgIpc) is 2.31. The van der Waals surface area contributed by atoms with E-state index < -0.39 is 0 Å². The van der Waals surface area contributed by atoms with Crippen molar-refractivity contribution in [3.63, 3.8) is 0 Å². The van der Waals surface area contributed by atoms with Crippen molar-refractivity contribution >= 4 is 14.0 Å². The maximum atomic E-state index is 12.1. The van der Waals surface area contributed by atoms with Crippen molar-refractivity contribution in [2.24, 2.45) is 0 Å². The van der Waals surface area contributed by atoms with Crippen LogP contribution in [0.5, 0.6) is 0 Å². The Balaban J connectivity index is 2.37. The van der Waals surface area contributed by atoms with Crippen LogP contribution in [0.3, 0.4) is 0 Å². The first-order chi connectivity index (χ1) is 8.58. The van der Waals surface area contributed by atoms with Gasteiger partial charge in [-0.05, 0) is 20.4 Å². The standard InChI is InChI=1S/C13H19BN2O2/c1-4-9-6-10-7-16(14)8-11(15(10)3)12(9)13(17)18-5-2/h1,10-11H,5-8,14H2,2-3H3. The van der Waals surface area contributed by atoms with Crippen molar-refractivity contribution in [3.05, 3.63) is 11.1 Å². The Bertz CT molecular complexity index is 427. The second-order valence-electron chi connectivity index (χ2n) is 5.02. The highest BCUT2D eigenvalue weighted by Crippen LogP contribution is 2.31. The molecule has 2 bridgehead atoms. The Kier molecular flexibility index (Phi) is 3.79. The molecule has 2 heterocycles. The zero-order valence-corrected chi connectivity index (χ0v) is 11.3. The van der Waals surface area contributed by atoms with Gasteiger partial charge in [-0.25, -0.2) is 4.79 Å². The molecule has 0 radical (unpaired) electrons. The summed E-state index contributed by atoms with van der Waals surface area (Å²) in [6.07, 6.45) is 6.33. The molecule has 0 N–H and O–H groups in total. The summed E-state index contributed by atoms with van der Waals surface area (Å²) in [5, 5.41) is 0. The second-order valence-corrected chi connectivity index (χ2v) is 5.02. The molecule has 2 aliphatic rings. The monoisotopic (exact) mass is 246 g/mol. The van der Waals surface area contributed by atoms with Gasteiger partial charge in [0.1, 0.15) is 0 Å². The van der Waals surface area contributed by atoms with Crippen molar-refractivity contribution in [2.75, 3.05) is 26.7 Å². The Morgan fingerprint density at radius 3 is 2.94 bits per heavy atom. The van der Waals surface area contributed by atoms with Crippen LogP contribution in [0, 0.1) is 12.3 Å². The number of terminal acetylenes is 1. The van der Waals surface area contributed by atoms with Crippen LogP contribution in [0.15, 0.2) is 11.1 Å². The van der Waals surface area contributed by atoms with E-state index in [1.165, 1.54) is 0 Å². The van der Waals surface area contributed by atoms with Gasteiger partial charge in [0.2, 0.25) is 0 Å². The van der Waals surface area contributed by atoms with Crippen molar-refractivity contribution in [1.29, 1.82) is 0 Å². The first-order valence-corrected chi connectivity index (χ1v) is 6.35. The minimum absolute atomic E-state index is 0.0626. The SMILES string of the molecule is BN1CC2CC(C#C)=C(C(=O)OCC)C(C1)N2C. The number of esters is 1. The predicted octanol–water partition coefficient (Wildman–Crippen LogP) is -0.584. The van der Waals surface area contributed by atoms with E-state index in [9.17, 15) is 4.79 Å². The summed E-state index contributed by atoms with van der Waals surface area (Å²) in [7, 11) is 4.14. The molecule has 2 aliphatic heterocycles. The lowest BCUT2D eigenvalue weighted by Gasteiger charge is -2.48. The number of rotatable bonds is 2. The number of carbonyl (C=O) groups is 1. The molecule has 4 nitrogen and oxygen atoms in total. The molecule has 0 aromatic rings. The Labute approximate surface area is 109 Å². The number of ether oxygens (including phenoxy) is 1. The van der Waals surface area contributed by atoms with E-state index >= 15 is 0 Å². The van der Waals surface area contributed by atoms with Crippen LogP contribution in [-0.2, 0) is 9.53 Å². The van der Waals surface area contributed by atoms with Crippen LogP contribution in [0.4, 0.5) is 0 Å². The van der Waals surface area contributed by atoms with Crippen molar-refractivity contribution < 1.29 is 9.53 Å². The molecule has 5 heteroatoms. The lowest BCUT2D eigenvalue weighted by atomic mass is 9.84. The summed E-state index contributed by atoms with van der Waals surface area (Å²) in [5.41, 5.74) is 1.51. The highest BCUT2D eigenvalue weighted by Gasteiger charge is 2.41. The third kappa shape index (κ3) is 2.18. The summed E-state index contributed by atoms with van der Waals surface area (Å²) in [6.45, 7) is 4.02. The van der Waals surface area contributed by atoms with Crippen LogP contribution in [-0.4, -0.2) is 62.5 Å². The third-order valence-electron chi connectivity index (χ3n) is 3.84.